The van der Waals surface area contributed by atoms with E-state index < -0.39 is 0 Å². The van der Waals surface area contributed by atoms with Gasteiger partial charge in [0.05, 0.1) is 0 Å². The molecule has 0 saturated carbocycles. The van der Waals surface area contributed by atoms with E-state index in [0.717, 1.165) is 25.4 Å². The summed E-state index contributed by atoms with van der Waals surface area (Å²) in [6.45, 7) is 7.08. The van der Waals surface area contributed by atoms with Gasteiger partial charge < -0.3 is 5.32 Å². The molecule has 2 heteroatoms. The Balaban J connectivity index is 1.85. The molecule has 1 aliphatic rings. The molecule has 2 rings (SSSR count). The van der Waals surface area contributed by atoms with Crippen molar-refractivity contribution in [3.05, 3.63) is 35.4 Å². The van der Waals surface area contributed by atoms with Crippen LogP contribution in [-0.2, 0) is 13.0 Å². The topological polar surface area (TPSA) is 15.3 Å². The van der Waals surface area contributed by atoms with Gasteiger partial charge in [0.2, 0.25) is 0 Å². The highest BCUT2D eigenvalue weighted by molar-refractivity contribution is 5.22. The molecule has 0 bridgehead atoms. The molecule has 19 heavy (non-hydrogen) atoms. The zero-order chi connectivity index (χ0) is 13.5. The second-order valence-electron chi connectivity index (χ2n) is 5.82. The van der Waals surface area contributed by atoms with Crippen LogP contribution in [0.5, 0.6) is 0 Å². The van der Waals surface area contributed by atoms with Crippen molar-refractivity contribution in [3.63, 3.8) is 0 Å². The normalized spacial score (nSPS) is 20.6. The molecule has 0 amide bonds. The lowest BCUT2D eigenvalue weighted by atomic mass is 9.95. The largest absolute Gasteiger partial charge is 0.319 e. The summed E-state index contributed by atoms with van der Waals surface area (Å²) in [5.74, 6) is 0.920. The molecule has 2 nitrogen and oxygen atoms in total. The van der Waals surface area contributed by atoms with E-state index in [1.807, 2.05) is 7.05 Å². The number of hydrogen-bond donors (Lipinski definition) is 1. The van der Waals surface area contributed by atoms with E-state index in [9.17, 15) is 0 Å². The van der Waals surface area contributed by atoms with Crippen molar-refractivity contribution >= 4 is 0 Å². The molecule has 0 radical (unpaired) electrons. The average molecular weight is 260 g/mol. The van der Waals surface area contributed by atoms with Gasteiger partial charge in [-0.1, -0.05) is 37.6 Å². The summed E-state index contributed by atoms with van der Waals surface area (Å²) in [7, 11) is 2.01. The van der Waals surface area contributed by atoms with Crippen molar-refractivity contribution in [3.8, 4) is 0 Å². The fraction of sp³-hybridized carbons (Fsp3) is 0.647. The molecule has 1 aromatic rings. The smallest absolute Gasteiger partial charge is 0.0233 e. The Bertz CT molecular complexity index is 358. The quantitative estimate of drug-likeness (QED) is 0.845. The van der Waals surface area contributed by atoms with Gasteiger partial charge in [0.15, 0.2) is 0 Å². The predicted octanol–water partition coefficient (Wildman–Crippen LogP) is 3.07. The number of hydrogen-bond acceptors (Lipinski definition) is 2. The van der Waals surface area contributed by atoms with Gasteiger partial charge in [-0.2, -0.15) is 0 Å². The van der Waals surface area contributed by atoms with E-state index >= 15 is 0 Å². The molecule has 0 spiro atoms. The molecule has 1 atom stereocenters. The van der Waals surface area contributed by atoms with E-state index in [2.05, 4.69) is 41.4 Å². The van der Waals surface area contributed by atoms with Crippen LogP contribution >= 0.6 is 0 Å². The van der Waals surface area contributed by atoms with Crippen molar-refractivity contribution in [2.45, 2.75) is 39.2 Å². The monoisotopic (exact) mass is 260 g/mol. The first-order valence-electron chi connectivity index (χ1n) is 7.76. The van der Waals surface area contributed by atoms with Crippen molar-refractivity contribution in [2.24, 2.45) is 5.92 Å². The predicted molar refractivity (Wildman–Crippen MR) is 82.4 cm³/mol. The SMILES string of the molecule is CCC1CCCN(Cc2ccc(CCNC)cc2)C1. The van der Waals surface area contributed by atoms with Crippen LogP contribution < -0.4 is 5.32 Å². The third-order valence-electron chi connectivity index (χ3n) is 4.27. The minimum absolute atomic E-state index is 0.920. The Kier molecular flexibility index (Phi) is 5.87. The highest BCUT2D eigenvalue weighted by atomic mass is 15.1. The van der Waals surface area contributed by atoms with Crippen molar-refractivity contribution in [2.75, 3.05) is 26.7 Å². The van der Waals surface area contributed by atoms with Gasteiger partial charge in [-0.25, -0.2) is 0 Å². The second-order valence-corrected chi connectivity index (χ2v) is 5.82. The number of benzene rings is 1. The molecule has 0 aromatic heterocycles. The van der Waals surface area contributed by atoms with Gasteiger partial charge in [0.25, 0.3) is 0 Å². The summed E-state index contributed by atoms with van der Waals surface area (Å²) in [6, 6.07) is 9.18. The van der Waals surface area contributed by atoms with Gasteiger partial charge in [0.1, 0.15) is 0 Å². The lowest BCUT2D eigenvalue weighted by Crippen LogP contribution is -2.34. The Morgan fingerprint density at radius 2 is 1.95 bits per heavy atom. The maximum atomic E-state index is 3.20. The fourth-order valence-corrected chi connectivity index (χ4v) is 2.97. The van der Waals surface area contributed by atoms with Crippen LogP contribution in [0.15, 0.2) is 24.3 Å². The third kappa shape index (κ3) is 4.63. The van der Waals surface area contributed by atoms with Gasteiger partial charge in [-0.15, -0.1) is 0 Å². The summed E-state index contributed by atoms with van der Waals surface area (Å²) in [6.07, 6.45) is 5.26. The van der Waals surface area contributed by atoms with E-state index in [-0.39, 0.29) is 0 Å². The number of rotatable bonds is 6. The van der Waals surface area contributed by atoms with Crippen LogP contribution in [0.25, 0.3) is 0 Å². The van der Waals surface area contributed by atoms with Crippen LogP contribution in [0, 0.1) is 5.92 Å². The van der Waals surface area contributed by atoms with Gasteiger partial charge >= 0.3 is 0 Å². The molecule has 1 saturated heterocycles. The number of nitrogens with one attached hydrogen (secondary N) is 1. The minimum Gasteiger partial charge on any atom is -0.319 e. The maximum Gasteiger partial charge on any atom is 0.0233 e. The van der Waals surface area contributed by atoms with Crippen LogP contribution in [0.1, 0.15) is 37.3 Å². The lowest BCUT2D eigenvalue weighted by molar-refractivity contribution is 0.165. The van der Waals surface area contributed by atoms with Gasteiger partial charge in [-0.05, 0) is 56.4 Å². The van der Waals surface area contributed by atoms with Crippen molar-refractivity contribution < 1.29 is 0 Å². The third-order valence-corrected chi connectivity index (χ3v) is 4.27. The maximum absolute atomic E-state index is 3.20. The number of nitrogens with zero attached hydrogens (tertiary/aromatic N) is 1. The van der Waals surface area contributed by atoms with Crippen LogP contribution in [0.3, 0.4) is 0 Å². The zero-order valence-electron chi connectivity index (χ0n) is 12.5. The molecule has 1 N–H and O–H groups in total. The van der Waals surface area contributed by atoms with Crippen LogP contribution in [0.4, 0.5) is 0 Å². The number of piperidine rings is 1. The number of likely N-dealkylation sites (N-methyl/N-ethyl adjacent to an activating group) is 1. The van der Waals surface area contributed by atoms with Crippen LogP contribution in [0.2, 0.25) is 0 Å². The summed E-state index contributed by atoms with van der Waals surface area (Å²) in [4.78, 5) is 2.63. The molecule has 1 heterocycles. The molecular formula is C17H28N2. The molecule has 106 valence electrons. The Labute approximate surface area is 118 Å². The summed E-state index contributed by atoms with van der Waals surface area (Å²) < 4.78 is 0. The van der Waals surface area contributed by atoms with E-state index in [0.29, 0.717) is 0 Å². The summed E-state index contributed by atoms with van der Waals surface area (Å²) in [5.41, 5.74) is 2.90. The molecule has 1 aliphatic heterocycles. The van der Waals surface area contributed by atoms with Crippen LogP contribution in [-0.4, -0.2) is 31.6 Å². The highest BCUT2D eigenvalue weighted by Crippen LogP contribution is 2.20. The first-order valence-corrected chi connectivity index (χ1v) is 7.76. The number of likely N-dealkylation sites (tertiary alicyclic amines) is 1. The summed E-state index contributed by atoms with van der Waals surface area (Å²) in [5, 5.41) is 3.20. The van der Waals surface area contributed by atoms with E-state index in [1.165, 1.54) is 43.5 Å². The van der Waals surface area contributed by atoms with Gasteiger partial charge in [0, 0.05) is 13.1 Å². The zero-order valence-corrected chi connectivity index (χ0v) is 12.5. The fourth-order valence-electron chi connectivity index (χ4n) is 2.97. The van der Waals surface area contributed by atoms with E-state index in [4.69, 9.17) is 0 Å². The Morgan fingerprint density at radius 3 is 2.63 bits per heavy atom. The minimum atomic E-state index is 0.920. The Hall–Kier alpha value is -0.860. The van der Waals surface area contributed by atoms with E-state index in [1.54, 1.807) is 0 Å². The average Bonchev–Trinajstić information content (AvgIpc) is 2.47. The summed E-state index contributed by atoms with van der Waals surface area (Å²) >= 11 is 0. The van der Waals surface area contributed by atoms with Crippen molar-refractivity contribution in [1.82, 2.24) is 10.2 Å². The molecule has 0 aliphatic carbocycles. The molecule has 1 fully saturated rings. The Morgan fingerprint density at radius 1 is 1.21 bits per heavy atom. The van der Waals surface area contributed by atoms with Gasteiger partial charge in [-0.3, -0.25) is 4.90 Å². The lowest BCUT2D eigenvalue weighted by Gasteiger charge is -2.32. The highest BCUT2D eigenvalue weighted by Gasteiger charge is 2.18. The van der Waals surface area contributed by atoms with Crippen molar-refractivity contribution in [1.29, 1.82) is 0 Å². The molecular weight excluding hydrogens is 232 g/mol. The second kappa shape index (κ2) is 7.66. The first kappa shape index (κ1) is 14.5. The molecule has 1 aromatic carbocycles. The standard InChI is InChI=1S/C17H28N2/c1-3-15-5-4-12-19(13-15)14-17-8-6-16(7-9-17)10-11-18-2/h6-9,15,18H,3-5,10-14H2,1-2H3. The molecule has 1 unspecified atom stereocenters. The first-order chi connectivity index (χ1) is 9.31.